The minimum absolute atomic E-state index is 0.262. The molecule has 0 amide bonds. The second-order valence-corrected chi connectivity index (χ2v) is 4.51. The maximum atomic E-state index is 4.69. The van der Waals surface area contributed by atoms with Gasteiger partial charge >= 0.3 is 0 Å². The van der Waals surface area contributed by atoms with E-state index in [2.05, 4.69) is 44.6 Å². The molecule has 0 aromatic carbocycles. The van der Waals surface area contributed by atoms with Gasteiger partial charge in [0.05, 0.1) is 6.54 Å². The van der Waals surface area contributed by atoms with Crippen molar-refractivity contribution < 1.29 is 4.52 Å². The predicted octanol–water partition coefficient (Wildman–Crippen LogP) is 1.95. The van der Waals surface area contributed by atoms with E-state index in [4.69, 9.17) is 4.52 Å². The Morgan fingerprint density at radius 3 is 2.58 bits per heavy atom. The van der Waals surface area contributed by atoms with Crippen molar-refractivity contribution in [3.63, 3.8) is 0 Å². The molecule has 2 rings (SSSR count). The van der Waals surface area contributed by atoms with Gasteiger partial charge in [0.2, 0.25) is 6.39 Å². The molecule has 0 radical (unpaired) electrons. The number of hydrogen-bond donors (Lipinski definition) is 2. The van der Waals surface area contributed by atoms with E-state index >= 15 is 0 Å². The van der Waals surface area contributed by atoms with Crippen molar-refractivity contribution in [2.24, 2.45) is 0 Å². The first-order valence-electron chi connectivity index (χ1n) is 6.17. The molecule has 19 heavy (non-hydrogen) atoms. The third-order valence-electron chi connectivity index (χ3n) is 2.74. The lowest BCUT2D eigenvalue weighted by molar-refractivity contribution is 0.411. The van der Waals surface area contributed by atoms with E-state index in [0.29, 0.717) is 12.4 Å². The number of hydrogen-bond acceptors (Lipinski definition) is 7. The van der Waals surface area contributed by atoms with Gasteiger partial charge in [-0.3, -0.25) is 0 Å². The molecule has 0 unspecified atom stereocenters. The van der Waals surface area contributed by atoms with E-state index in [-0.39, 0.29) is 5.92 Å². The number of rotatable bonds is 5. The van der Waals surface area contributed by atoms with E-state index in [1.54, 1.807) is 0 Å². The van der Waals surface area contributed by atoms with Crippen LogP contribution in [-0.4, -0.2) is 27.2 Å². The number of nitrogens with zero attached hydrogens (tertiary/aromatic N) is 4. The second-order valence-electron chi connectivity index (χ2n) is 4.51. The summed E-state index contributed by atoms with van der Waals surface area (Å²) in [5.41, 5.74) is 0.968. The van der Waals surface area contributed by atoms with E-state index in [1.807, 2.05) is 14.0 Å². The minimum atomic E-state index is 0.262. The molecule has 2 aromatic rings. The Labute approximate surface area is 111 Å². The molecule has 0 aliphatic carbocycles. The standard InChI is InChI=1S/C12H18N6O/c1-7(2)10-16-11(13-4)8(3)12(17-10)14-5-9-15-6-19-18-9/h6-7H,5H2,1-4H3,(H2,13,14,16,17). The first-order chi connectivity index (χ1) is 9.11. The molecule has 0 spiro atoms. The summed E-state index contributed by atoms with van der Waals surface area (Å²) < 4.78 is 4.69. The fourth-order valence-corrected chi connectivity index (χ4v) is 1.64. The average Bonchev–Trinajstić information content (AvgIpc) is 2.90. The van der Waals surface area contributed by atoms with E-state index < -0.39 is 0 Å². The van der Waals surface area contributed by atoms with Gasteiger partial charge in [-0.15, -0.1) is 0 Å². The van der Waals surface area contributed by atoms with Crippen molar-refractivity contribution >= 4 is 11.6 Å². The fraction of sp³-hybridized carbons (Fsp3) is 0.500. The maximum absolute atomic E-state index is 4.69. The summed E-state index contributed by atoms with van der Waals surface area (Å²) in [5.74, 6) is 3.27. The van der Waals surface area contributed by atoms with Crippen LogP contribution in [0.4, 0.5) is 11.6 Å². The summed E-state index contributed by atoms with van der Waals surface area (Å²) >= 11 is 0. The Balaban J connectivity index is 2.24. The van der Waals surface area contributed by atoms with Crippen LogP contribution in [0, 0.1) is 6.92 Å². The van der Waals surface area contributed by atoms with Gasteiger partial charge in [0, 0.05) is 18.5 Å². The molecule has 2 N–H and O–H groups in total. The Morgan fingerprint density at radius 2 is 2.00 bits per heavy atom. The molecule has 0 saturated heterocycles. The first-order valence-corrected chi connectivity index (χ1v) is 6.17. The van der Waals surface area contributed by atoms with Crippen LogP contribution in [0.2, 0.25) is 0 Å². The first kappa shape index (κ1) is 13.3. The van der Waals surface area contributed by atoms with E-state index in [1.165, 1.54) is 6.39 Å². The fourth-order valence-electron chi connectivity index (χ4n) is 1.64. The Kier molecular flexibility index (Phi) is 3.94. The average molecular weight is 262 g/mol. The quantitative estimate of drug-likeness (QED) is 0.851. The molecule has 0 aliphatic heterocycles. The van der Waals surface area contributed by atoms with Gasteiger partial charge in [0.1, 0.15) is 17.5 Å². The second kappa shape index (κ2) is 5.64. The summed E-state index contributed by atoms with van der Waals surface area (Å²) in [6.45, 7) is 6.56. The Bertz CT molecular complexity index is 537. The molecule has 2 aromatic heterocycles. The molecule has 0 atom stereocenters. The van der Waals surface area contributed by atoms with Crippen molar-refractivity contribution in [2.45, 2.75) is 33.2 Å². The summed E-state index contributed by atoms with van der Waals surface area (Å²) in [7, 11) is 1.85. The lowest BCUT2D eigenvalue weighted by Gasteiger charge is -2.14. The van der Waals surface area contributed by atoms with E-state index in [9.17, 15) is 0 Å². The predicted molar refractivity (Wildman–Crippen MR) is 72.0 cm³/mol. The number of anilines is 2. The molecule has 0 saturated carbocycles. The van der Waals surface area contributed by atoms with Crippen LogP contribution >= 0.6 is 0 Å². The highest BCUT2D eigenvalue weighted by molar-refractivity contribution is 5.57. The van der Waals surface area contributed by atoms with Crippen molar-refractivity contribution in [1.82, 2.24) is 20.1 Å². The lowest BCUT2D eigenvalue weighted by Crippen LogP contribution is -2.11. The largest absolute Gasteiger partial charge is 0.373 e. The normalized spacial score (nSPS) is 10.8. The van der Waals surface area contributed by atoms with Crippen LogP contribution in [0.3, 0.4) is 0 Å². The number of aromatic nitrogens is 4. The highest BCUT2D eigenvalue weighted by Gasteiger charge is 2.12. The molecule has 7 nitrogen and oxygen atoms in total. The zero-order chi connectivity index (χ0) is 13.8. The summed E-state index contributed by atoms with van der Waals surface area (Å²) in [4.78, 5) is 13.0. The van der Waals surface area contributed by atoms with Crippen LogP contribution in [0.25, 0.3) is 0 Å². The van der Waals surface area contributed by atoms with Gasteiger partial charge in [0.25, 0.3) is 0 Å². The van der Waals surface area contributed by atoms with Crippen molar-refractivity contribution in [1.29, 1.82) is 0 Å². The molecule has 102 valence electrons. The van der Waals surface area contributed by atoms with Crippen LogP contribution < -0.4 is 10.6 Å². The third kappa shape index (κ3) is 2.98. The highest BCUT2D eigenvalue weighted by atomic mass is 16.5. The van der Waals surface area contributed by atoms with Gasteiger partial charge in [-0.2, -0.15) is 4.98 Å². The van der Waals surface area contributed by atoms with Crippen LogP contribution in [0.1, 0.15) is 37.0 Å². The molecule has 7 heteroatoms. The molecule has 0 bridgehead atoms. The SMILES string of the molecule is CNc1nc(C(C)C)nc(NCc2ncon2)c1C. The van der Waals surface area contributed by atoms with Gasteiger partial charge in [-0.1, -0.05) is 19.0 Å². The Hall–Kier alpha value is -2.18. The highest BCUT2D eigenvalue weighted by Crippen LogP contribution is 2.22. The van der Waals surface area contributed by atoms with Crippen LogP contribution in [0.5, 0.6) is 0 Å². The zero-order valence-electron chi connectivity index (χ0n) is 11.6. The van der Waals surface area contributed by atoms with E-state index in [0.717, 1.165) is 23.0 Å². The maximum Gasteiger partial charge on any atom is 0.213 e. The zero-order valence-corrected chi connectivity index (χ0v) is 11.6. The monoisotopic (exact) mass is 262 g/mol. The third-order valence-corrected chi connectivity index (χ3v) is 2.74. The molecule has 0 fully saturated rings. The molecule has 2 heterocycles. The smallest absolute Gasteiger partial charge is 0.213 e. The van der Waals surface area contributed by atoms with Gasteiger partial charge in [0.15, 0.2) is 5.82 Å². The lowest BCUT2D eigenvalue weighted by atomic mass is 10.2. The van der Waals surface area contributed by atoms with Gasteiger partial charge in [-0.05, 0) is 6.92 Å². The molecular formula is C12H18N6O. The summed E-state index contributed by atoms with van der Waals surface area (Å²) in [6.07, 6.45) is 1.31. The summed E-state index contributed by atoms with van der Waals surface area (Å²) in [5, 5.41) is 10.0. The van der Waals surface area contributed by atoms with Gasteiger partial charge < -0.3 is 15.2 Å². The van der Waals surface area contributed by atoms with Crippen molar-refractivity contribution in [3.05, 3.63) is 23.6 Å². The van der Waals surface area contributed by atoms with Gasteiger partial charge in [-0.25, -0.2) is 9.97 Å². The van der Waals surface area contributed by atoms with Crippen LogP contribution in [0.15, 0.2) is 10.9 Å². The molecular weight excluding hydrogens is 244 g/mol. The summed E-state index contributed by atoms with van der Waals surface area (Å²) in [6, 6.07) is 0. The Morgan fingerprint density at radius 1 is 1.26 bits per heavy atom. The minimum Gasteiger partial charge on any atom is -0.373 e. The topological polar surface area (TPSA) is 88.8 Å². The van der Waals surface area contributed by atoms with Crippen molar-refractivity contribution in [2.75, 3.05) is 17.7 Å². The van der Waals surface area contributed by atoms with Crippen molar-refractivity contribution in [3.8, 4) is 0 Å². The number of nitrogens with one attached hydrogen (secondary N) is 2. The van der Waals surface area contributed by atoms with Crippen LogP contribution in [-0.2, 0) is 6.54 Å². The molecule has 0 aliphatic rings.